The van der Waals surface area contributed by atoms with Gasteiger partial charge in [0.25, 0.3) is 0 Å². The summed E-state index contributed by atoms with van der Waals surface area (Å²) in [6, 6.07) is 20.8. The number of aromatic nitrogens is 2. The fourth-order valence-corrected chi connectivity index (χ4v) is 4.31. The van der Waals surface area contributed by atoms with E-state index in [9.17, 15) is 0 Å². The van der Waals surface area contributed by atoms with Crippen LogP contribution in [0.3, 0.4) is 0 Å². The number of nitrogens with zero attached hydrogens (tertiary/aromatic N) is 3. The highest BCUT2D eigenvalue weighted by Crippen LogP contribution is 2.21. The van der Waals surface area contributed by atoms with Crippen LogP contribution in [0.5, 0.6) is 0 Å². The van der Waals surface area contributed by atoms with Gasteiger partial charge in [-0.2, -0.15) is 0 Å². The van der Waals surface area contributed by atoms with Crippen molar-refractivity contribution in [1.29, 1.82) is 0 Å². The van der Waals surface area contributed by atoms with Crippen LogP contribution in [0.15, 0.2) is 73.1 Å². The number of fused-ring (bicyclic) bond motifs is 1. The average molecular weight is 426 g/mol. The van der Waals surface area contributed by atoms with Gasteiger partial charge in [-0.3, -0.25) is 4.90 Å². The highest BCUT2D eigenvalue weighted by atomic mass is 35.5. The smallest absolute Gasteiger partial charge is 0.113 e. The van der Waals surface area contributed by atoms with Crippen molar-refractivity contribution in [2.24, 2.45) is 0 Å². The van der Waals surface area contributed by atoms with Crippen LogP contribution >= 0.6 is 11.6 Å². The average Bonchev–Trinajstić information content (AvgIpc) is 3.45. The highest BCUT2D eigenvalue weighted by molar-refractivity contribution is 6.30. The molecule has 0 radical (unpaired) electrons. The van der Waals surface area contributed by atoms with Gasteiger partial charge in [-0.25, -0.2) is 4.98 Å². The Morgan fingerprint density at radius 2 is 1.71 bits per heavy atom. The van der Waals surface area contributed by atoms with Crippen molar-refractivity contribution < 1.29 is 0 Å². The van der Waals surface area contributed by atoms with Crippen molar-refractivity contribution in [1.82, 2.24) is 14.5 Å². The van der Waals surface area contributed by atoms with Crippen molar-refractivity contribution in [3.63, 3.8) is 0 Å². The first-order valence-electron chi connectivity index (χ1n) is 10.8. The summed E-state index contributed by atoms with van der Waals surface area (Å²) in [5.74, 6) is 6.45. The fourth-order valence-electron chi connectivity index (χ4n) is 4.18. The van der Waals surface area contributed by atoms with Crippen LogP contribution < -0.4 is 0 Å². The Bertz CT molecular complexity index is 1240. The first-order chi connectivity index (χ1) is 15.2. The summed E-state index contributed by atoms with van der Waals surface area (Å²) in [5, 5.41) is 2.02. The third-order valence-corrected chi connectivity index (χ3v) is 6.10. The van der Waals surface area contributed by atoms with E-state index < -0.39 is 0 Å². The molecule has 2 aromatic carbocycles. The molecule has 0 N–H and O–H groups in total. The van der Waals surface area contributed by atoms with Crippen LogP contribution in [0.2, 0.25) is 5.02 Å². The predicted octanol–water partition coefficient (Wildman–Crippen LogP) is 6.00. The lowest BCUT2D eigenvalue weighted by molar-refractivity contribution is 0.331. The number of halogens is 1. The van der Waals surface area contributed by atoms with Gasteiger partial charge >= 0.3 is 0 Å². The molecule has 0 spiro atoms. The van der Waals surface area contributed by atoms with E-state index in [1.807, 2.05) is 42.6 Å². The van der Waals surface area contributed by atoms with Gasteiger partial charge < -0.3 is 4.57 Å². The maximum absolute atomic E-state index is 5.96. The fraction of sp³-hybridized carbons (Fsp3) is 0.222. The van der Waals surface area contributed by atoms with Crippen LogP contribution in [0, 0.1) is 11.8 Å². The zero-order valence-electron chi connectivity index (χ0n) is 17.4. The standard InChI is InChI=1S/C27H24ClN3/c28-25-9-6-22(7-10-25)24-8-11-26(29-19-24)4-3-16-31-17-13-23-18-21(5-12-27(23)31)20-30-14-1-2-15-30/h5-13,17-19H,1-2,14-16,20H2. The first kappa shape index (κ1) is 19.9. The topological polar surface area (TPSA) is 21.1 Å². The third-order valence-electron chi connectivity index (χ3n) is 5.85. The largest absolute Gasteiger partial charge is 0.336 e. The number of rotatable bonds is 4. The van der Waals surface area contributed by atoms with Gasteiger partial charge in [0, 0.05) is 35.0 Å². The molecular weight excluding hydrogens is 402 g/mol. The molecule has 0 bridgehead atoms. The Balaban J connectivity index is 1.26. The predicted molar refractivity (Wildman–Crippen MR) is 128 cm³/mol. The van der Waals surface area contributed by atoms with Gasteiger partial charge in [-0.05, 0) is 84.8 Å². The van der Waals surface area contributed by atoms with Crippen molar-refractivity contribution >= 4 is 22.5 Å². The van der Waals surface area contributed by atoms with E-state index in [4.69, 9.17) is 11.6 Å². The number of hydrogen-bond acceptors (Lipinski definition) is 2. The second kappa shape index (κ2) is 8.98. The zero-order valence-corrected chi connectivity index (χ0v) is 18.1. The maximum atomic E-state index is 5.96. The highest BCUT2D eigenvalue weighted by Gasteiger charge is 2.12. The van der Waals surface area contributed by atoms with Crippen molar-refractivity contribution in [3.8, 4) is 23.0 Å². The Morgan fingerprint density at radius 1 is 0.903 bits per heavy atom. The van der Waals surface area contributed by atoms with Gasteiger partial charge in [0.05, 0.1) is 6.54 Å². The lowest BCUT2D eigenvalue weighted by atomic mass is 10.1. The van der Waals surface area contributed by atoms with E-state index in [-0.39, 0.29) is 0 Å². The quantitative estimate of drug-likeness (QED) is 0.373. The number of benzene rings is 2. The lowest BCUT2D eigenvalue weighted by Gasteiger charge is -2.14. The first-order valence-corrected chi connectivity index (χ1v) is 11.1. The minimum Gasteiger partial charge on any atom is -0.336 e. The minimum atomic E-state index is 0.648. The van der Waals surface area contributed by atoms with E-state index in [0.29, 0.717) is 6.54 Å². The minimum absolute atomic E-state index is 0.648. The molecule has 1 aliphatic rings. The second-order valence-corrected chi connectivity index (χ2v) is 8.50. The van der Waals surface area contributed by atoms with Gasteiger partial charge in [0.15, 0.2) is 0 Å². The van der Waals surface area contributed by atoms with E-state index >= 15 is 0 Å². The Kier molecular flexibility index (Phi) is 5.76. The third kappa shape index (κ3) is 4.66. The molecule has 0 unspecified atom stereocenters. The van der Waals surface area contributed by atoms with Crippen molar-refractivity contribution in [2.75, 3.05) is 13.1 Å². The molecule has 1 aliphatic heterocycles. The molecule has 0 aliphatic carbocycles. The molecule has 5 rings (SSSR count). The summed E-state index contributed by atoms with van der Waals surface area (Å²) < 4.78 is 2.20. The van der Waals surface area contributed by atoms with Crippen LogP contribution in [0.25, 0.3) is 22.0 Å². The normalized spacial score (nSPS) is 14.0. The Morgan fingerprint density at radius 3 is 2.48 bits per heavy atom. The molecule has 2 aromatic heterocycles. The van der Waals surface area contributed by atoms with E-state index in [0.717, 1.165) is 28.4 Å². The number of pyridine rings is 1. The van der Waals surface area contributed by atoms with Gasteiger partial charge in [0.1, 0.15) is 5.69 Å². The van der Waals surface area contributed by atoms with Crippen LogP contribution in [-0.2, 0) is 13.1 Å². The maximum Gasteiger partial charge on any atom is 0.113 e. The summed E-state index contributed by atoms with van der Waals surface area (Å²) in [4.78, 5) is 7.04. The van der Waals surface area contributed by atoms with Crippen molar-refractivity contribution in [3.05, 3.63) is 89.3 Å². The summed E-state index contributed by atoms with van der Waals surface area (Å²) in [7, 11) is 0. The van der Waals surface area contributed by atoms with Gasteiger partial charge in [-0.1, -0.05) is 41.8 Å². The van der Waals surface area contributed by atoms with E-state index in [1.165, 1.54) is 42.4 Å². The molecule has 4 heteroatoms. The van der Waals surface area contributed by atoms with E-state index in [2.05, 4.69) is 56.8 Å². The second-order valence-electron chi connectivity index (χ2n) is 8.06. The molecule has 1 fully saturated rings. The van der Waals surface area contributed by atoms with Gasteiger partial charge in [0.2, 0.25) is 0 Å². The molecule has 31 heavy (non-hydrogen) atoms. The lowest BCUT2D eigenvalue weighted by Crippen LogP contribution is -2.18. The molecule has 0 saturated carbocycles. The van der Waals surface area contributed by atoms with Gasteiger partial charge in [-0.15, -0.1) is 0 Å². The van der Waals surface area contributed by atoms with Crippen LogP contribution in [0.4, 0.5) is 0 Å². The monoisotopic (exact) mass is 425 g/mol. The molecule has 3 nitrogen and oxygen atoms in total. The summed E-state index contributed by atoms with van der Waals surface area (Å²) in [6.07, 6.45) is 6.64. The molecular formula is C27H24ClN3. The molecule has 4 aromatic rings. The Labute approximate surface area is 188 Å². The summed E-state index contributed by atoms with van der Waals surface area (Å²) >= 11 is 5.96. The van der Waals surface area contributed by atoms with Crippen LogP contribution in [-0.4, -0.2) is 27.5 Å². The Hall–Kier alpha value is -3.06. The summed E-state index contributed by atoms with van der Waals surface area (Å²) in [6.45, 7) is 4.15. The molecule has 0 amide bonds. The van der Waals surface area contributed by atoms with Crippen LogP contribution in [0.1, 0.15) is 24.1 Å². The van der Waals surface area contributed by atoms with E-state index in [1.54, 1.807) is 0 Å². The molecule has 0 atom stereocenters. The molecule has 3 heterocycles. The molecule has 154 valence electrons. The SMILES string of the molecule is Clc1ccc(-c2ccc(C#CCn3ccc4cc(CN5CCCC5)ccc43)nc2)cc1. The van der Waals surface area contributed by atoms with Crippen molar-refractivity contribution in [2.45, 2.75) is 25.9 Å². The zero-order chi connectivity index (χ0) is 21.0. The summed E-state index contributed by atoms with van der Waals surface area (Å²) in [5.41, 5.74) is 5.55. The number of likely N-dealkylation sites (tertiary alicyclic amines) is 1. The number of hydrogen-bond donors (Lipinski definition) is 0. The molecule has 1 saturated heterocycles.